The number of carbonyl (C=O) groups is 1. The van der Waals surface area contributed by atoms with Crippen LogP contribution >= 0.6 is 23.8 Å². The Balaban J connectivity index is 1.39. The second-order valence-corrected chi connectivity index (χ2v) is 9.35. The molecule has 37 heavy (non-hydrogen) atoms. The van der Waals surface area contributed by atoms with Crippen LogP contribution in [0.15, 0.2) is 89.5 Å². The van der Waals surface area contributed by atoms with Gasteiger partial charge in [0.1, 0.15) is 23.3 Å². The molecule has 3 heterocycles. The lowest BCUT2D eigenvalue weighted by molar-refractivity contribution is -0.116. The SMILES string of the molecule is COc1ccccc1NC(=O)CCN1C(=S)N[C@@H](c2ccccn2)[C@H]1c1ccc(-c2ccc(Cl)cc2)o1. The maximum Gasteiger partial charge on any atom is 0.226 e. The number of hydrogen-bond acceptors (Lipinski definition) is 5. The summed E-state index contributed by atoms with van der Waals surface area (Å²) in [5.74, 6) is 1.90. The van der Waals surface area contributed by atoms with E-state index in [1.807, 2.05) is 71.6 Å². The van der Waals surface area contributed by atoms with E-state index in [-0.39, 0.29) is 24.4 Å². The molecule has 188 valence electrons. The first kappa shape index (κ1) is 24.8. The number of carbonyl (C=O) groups excluding carboxylic acids is 1. The van der Waals surface area contributed by atoms with Gasteiger partial charge in [-0.15, -0.1) is 0 Å². The number of thiocarbonyl (C=S) groups is 1. The van der Waals surface area contributed by atoms with Gasteiger partial charge in [0, 0.05) is 29.7 Å². The molecule has 0 aliphatic carbocycles. The fourth-order valence-electron chi connectivity index (χ4n) is 4.42. The largest absolute Gasteiger partial charge is 0.495 e. The van der Waals surface area contributed by atoms with E-state index in [1.54, 1.807) is 25.4 Å². The van der Waals surface area contributed by atoms with Crippen molar-refractivity contribution in [2.24, 2.45) is 0 Å². The Kier molecular flexibility index (Phi) is 7.39. The van der Waals surface area contributed by atoms with Gasteiger partial charge >= 0.3 is 0 Å². The van der Waals surface area contributed by atoms with Gasteiger partial charge in [0.05, 0.1) is 24.5 Å². The zero-order valence-electron chi connectivity index (χ0n) is 20.1. The number of halogens is 1. The van der Waals surface area contributed by atoms with Crippen molar-refractivity contribution in [2.45, 2.75) is 18.5 Å². The Bertz CT molecular complexity index is 1390. The van der Waals surface area contributed by atoms with Crippen molar-refractivity contribution in [2.75, 3.05) is 19.0 Å². The third kappa shape index (κ3) is 5.45. The van der Waals surface area contributed by atoms with Crippen LogP contribution in [0.1, 0.15) is 30.0 Å². The van der Waals surface area contributed by atoms with Gasteiger partial charge in [-0.3, -0.25) is 9.78 Å². The van der Waals surface area contributed by atoms with Crippen molar-refractivity contribution in [3.05, 3.63) is 102 Å². The molecule has 4 aromatic rings. The van der Waals surface area contributed by atoms with Crippen molar-refractivity contribution in [3.8, 4) is 17.1 Å². The highest BCUT2D eigenvalue weighted by molar-refractivity contribution is 7.80. The Hall–Kier alpha value is -3.88. The van der Waals surface area contributed by atoms with Crippen LogP contribution in [0.5, 0.6) is 5.75 Å². The molecule has 5 rings (SSSR count). The lowest BCUT2D eigenvalue weighted by Crippen LogP contribution is -2.32. The molecule has 1 amide bonds. The van der Waals surface area contributed by atoms with Crippen LogP contribution < -0.4 is 15.4 Å². The quantitative estimate of drug-likeness (QED) is 0.269. The smallest absolute Gasteiger partial charge is 0.226 e. The molecule has 1 saturated heterocycles. The number of rotatable bonds is 8. The van der Waals surface area contributed by atoms with Gasteiger partial charge in [-0.05, 0) is 72.9 Å². The molecule has 2 aromatic heterocycles. The van der Waals surface area contributed by atoms with E-state index >= 15 is 0 Å². The van der Waals surface area contributed by atoms with Gasteiger partial charge in [-0.2, -0.15) is 0 Å². The predicted molar refractivity (Wildman–Crippen MR) is 148 cm³/mol. The molecule has 9 heteroatoms. The number of hydrogen-bond donors (Lipinski definition) is 2. The predicted octanol–water partition coefficient (Wildman–Crippen LogP) is 6.00. The van der Waals surface area contributed by atoms with Crippen LogP contribution in [0.3, 0.4) is 0 Å². The maximum atomic E-state index is 12.9. The molecule has 2 N–H and O–H groups in total. The number of ether oxygens (including phenoxy) is 1. The highest BCUT2D eigenvalue weighted by atomic mass is 35.5. The Labute approximate surface area is 225 Å². The summed E-state index contributed by atoms with van der Waals surface area (Å²) in [4.78, 5) is 19.4. The average molecular weight is 533 g/mol. The monoisotopic (exact) mass is 532 g/mol. The summed E-state index contributed by atoms with van der Waals surface area (Å²) in [5, 5.41) is 7.51. The first-order chi connectivity index (χ1) is 18.0. The molecular weight excluding hydrogens is 508 g/mol. The second-order valence-electron chi connectivity index (χ2n) is 8.53. The molecule has 0 bridgehead atoms. The van der Waals surface area contributed by atoms with Crippen molar-refractivity contribution in [1.29, 1.82) is 0 Å². The summed E-state index contributed by atoms with van der Waals surface area (Å²) in [5.41, 5.74) is 2.38. The van der Waals surface area contributed by atoms with E-state index in [0.717, 1.165) is 22.8 Å². The van der Waals surface area contributed by atoms with Crippen molar-refractivity contribution < 1.29 is 13.9 Å². The van der Waals surface area contributed by atoms with Gasteiger partial charge in [-0.25, -0.2) is 0 Å². The minimum absolute atomic E-state index is 0.145. The molecule has 1 aliphatic rings. The van der Waals surface area contributed by atoms with Crippen LogP contribution in [-0.2, 0) is 4.79 Å². The molecule has 1 fully saturated rings. The van der Waals surface area contributed by atoms with Crippen molar-refractivity contribution >= 4 is 40.5 Å². The molecule has 0 unspecified atom stereocenters. The maximum absolute atomic E-state index is 12.9. The zero-order chi connectivity index (χ0) is 25.8. The Morgan fingerprint density at radius 2 is 1.89 bits per heavy atom. The van der Waals surface area contributed by atoms with E-state index in [1.165, 1.54) is 0 Å². The average Bonchev–Trinajstić information content (AvgIpc) is 3.53. The number of benzene rings is 2. The molecule has 7 nitrogen and oxygen atoms in total. The topological polar surface area (TPSA) is 79.6 Å². The van der Waals surface area contributed by atoms with Gasteiger partial charge in [0.15, 0.2) is 5.11 Å². The molecule has 0 radical (unpaired) electrons. The van der Waals surface area contributed by atoms with Crippen molar-refractivity contribution in [3.63, 3.8) is 0 Å². The number of amides is 1. The summed E-state index contributed by atoms with van der Waals surface area (Å²) < 4.78 is 11.7. The first-order valence-corrected chi connectivity index (χ1v) is 12.6. The summed E-state index contributed by atoms with van der Waals surface area (Å²) >= 11 is 11.8. The van der Waals surface area contributed by atoms with Crippen LogP contribution in [0, 0.1) is 0 Å². The third-order valence-electron chi connectivity index (χ3n) is 6.21. The number of nitrogens with zero attached hydrogens (tertiary/aromatic N) is 2. The summed E-state index contributed by atoms with van der Waals surface area (Å²) in [6.45, 7) is 0.387. The number of anilines is 1. The van der Waals surface area contributed by atoms with Gasteiger partial charge in [-0.1, -0.05) is 29.8 Å². The van der Waals surface area contributed by atoms with Gasteiger partial charge in [0.25, 0.3) is 0 Å². The van der Waals surface area contributed by atoms with E-state index in [4.69, 9.17) is 33.0 Å². The number of para-hydroxylation sites is 2. The summed E-state index contributed by atoms with van der Waals surface area (Å²) in [6.07, 6.45) is 1.97. The van der Waals surface area contributed by atoms with Gasteiger partial charge in [0.2, 0.25) is 5.91 Å². The first-order valence-electron chi connectivity index (χ1n) is 11.8. The Morgan fingerprint density at radius 3 is 2.65 bits per heavy atom. The molecule has 2 aromatic carbocycles. The zero-order valence-corrected chi connectivity index (χ0v) is 21.6. The standard InChI is InChI=1S/C28H25ClN4O3S/c1-35-23-8-3-2-6-20(23)31-25(34)15-17-33-27(26(32-28(33)37)21-7-4-5-16-30-21)24-14-13-22(36-24)18-9-11-19(29)12-10-18/h2-14,16,26-27H,15,17H2,1H3,(H,31,34)(H,32,37)/t26-,27+/m0/s1. The normalized spacial score (nSPS) is 16.9. The van der Waals surface area contributed by atoms with Gasteiger partial charge < -0.3 is 24.7 Å². The Morgan fingerprint density at radius 1 is 1.11 bits per heavy atom. The molecule has 0 saturated carbocycles. The van der Waals surface area contributed by atoms with E-state index in [0.29, 0.717) is 28.1 Å². The second kappa shape index (κ2) is 11.0. The lowest BCUT2D eigenvalue weighted by Gasteiger charge is -2.26. The molecule has 0 spiro atoms. The number of furan rings is 1. The van der Waals surface area contributed by atoms with Crippen molar-refractivity contribution in [1.82, 2.24) is 15.2 Å². The molecular formula is C28H25ClN4O3S. The van der Waals surface area contributed by atoms with Crippen LogP contribution in [0.2, 0.25) is 5.02 Å². The fraction of sp³-hybridized carbons (Fsp3) is 0.179. The minimum Gasteiger partial charge on any atom is -0.495 e. The fourth-order valence-corrected chi connectivity index (χ4v) is 4.88. The van der Waals surface area contributed by atoms with E-state index < -0.39 is 0 Å². The number of pyridine rings is 1. The lowest BCUT2D eigenvalue weighted by atomic mass is 10.0. The molecule has 1 aliphatic heterocycles. The van der Waals surface area contributed by atoms with E-state index in [2.05, 4.69) is 15.6 Å². The van der Waals surface area contributed by atoms with Crippen LogP contribution in [0.25, 0.3) is 11.3 Å². The molecule has 2 atom stereocenters. The van der Waals surface area contributed by atoms with Crippen LogP contribution in [-0.4, -0.2) is 34.6 Å². The van der Waals surface area contributed by atoms with E-state index in [9.17, 15) is 4.79 Å². The number of aromatic nitrogens is 1. The number of methoxy groups -OCH3 is 1. The highest BCUT2D eigenvalue weighted by Crippen LogP contribution is 2.40. The summed E-state index contributed by atoms with van der Waals surface area (Å²) in [7, 11) is 1.57. The third-order valence-corrected chi connectivity index (χ3v) is 6.81. The summed E-state index contributed by atoms with van der Waals surface area (Å²) in [6, 6.07) is 23.9. The highest BCUT2D eigenvalue weighted by Gasteiger charge is 2.41. The van der Waals surface area contributed by atoms with Crippen LogP contribution in [0.4, 0.5) is 5.69 Å². The number of nitrogens with one attached hydrogen (secondary N) is 2. The minimum atomic E-state index is -0.289.